The number of hydrogen-bond acceptors (Lipinski definition) is 4. The zero-order valence-corrected chi connectivity index (χ0v) is 14.8. The third-order valence-corrected chi connectivity index (χ3v) is 5.93. The monoisotopic (exact) mass is 341 g/mol. The number of urea groups is 1. The Hall–Kier alpha value is -1.24. The van der Waals surface area contributed by atoms with Crippen molar-refractivity contribution in [3.8, 4) is 0 Å². The van der Waals surface area contributed by atoms with E-state index in [9.17, 15) is 14.4 Å². The molecular weight excluding hydrogens is 314 g/mol. The van der Waals surface area contributed by atoms with E-state index in [1.165, 1.54) is 4.90 Å². The largest absolute Gasteiger partial charge is 0.332 e. The van der Waals surface area contributed by atoms with Gasteiger partial charge in [0.05, 0.1) is 12.1 Å². The number of carbonyl (C=O) groups is 3. The van der Waals surface area contributed by atoms with Crippen LogP contribution in [0.25, 0.3) is 0 Å². The molecule has 0 aliphatic carbocycles. The molecule has 2 aliphatic heterocycles. The molecule has 2 N–H and O–H groups in total. The highest BCUT2D eigenvalue weighted by Crippen LogP contribution is 2.33. The van der Waals surface area contributed by atoms with Crippen LogP contribution in [0.15, 0.2) is 0 Å². The first-order valence-corrected chi connectivity index (χ1v) is 9.63. The summed E-state index contributed by atoms with van der Waals surface area (Å²) in [4.78, 5) is 36.7. The lowest BCUT2D eigenvalue weighted by molar-refractivity contribution is -0.144. The number of rotatable bonds is 8. The molecule has 0 spiro atoms. The van der Waals surface area contributed by atoms with Gasteiger partial charge >= 0.3 is 6.03 Å². The number of thioether (sulfide) groups is 1. The predicted octanol–water partition coefficient (Wildman–Crippen LogP) is 1.89. The van der Waals surface area contributed by atoms with Gasteiger partial charge in [0.15, 0.2) is 0 Å². The topological polar surface area (TPSA) is 78.5 Å². The quantitative estimate of drug-likeness (QED) is 0.522. The van der Waals surface area contributed by atoms with Gasteiger partial charge < -0.3 is 10.6 Å². The Bertz CT molecular complexity index is 458. The van der Waals surface area contributed by atoms with Crippen LogP contribution < -0.4 is 10.6 Å². The molecule has 4 amide bonds. The van der Waals surface area contributed by atoms with E-state index in [1.54, 1.807) is 6.92 Å². The van der Waals surface area contributed by atoms with Gasteiger partial charge in [-0.25, -0.2) is 4.79 Å². The molecule has 130 valence electrons. The van der Waals surface area contributed by atoms with Crippen LogP contribution >= 0.6 is 11.8 Å². The molecule has 2 fully saturated rings. The minimum Gasteiger partial charge on any atom is -0.332 e. The first-order valence-electron chi connectivity index (χ1n) is 8.58. The van der Waals surface area contributed by atoms with Crippen molar-refractivity contribution in [3.05, 3.63) is 0 Å². The van der Waals surface area contributed by atoms with E-state index < -0.39 is 0 Å². The molecule has 0 aromatic rings. The van der Waals surface area contributed by atoms with Gasteiger partial charge in [-0.15, -0.1) is 0 Å². The maximum absolute atomic E-state index is 12.2. The molecule has 6 nitrogen and oxygen atoms in total. The number of nitrogens with zero attached hydrogens (tertiary/aromatic N) is 1. The second-order valence-corrected chi connectivity index (χ2v) is 7.43. The van der Waals surface area contributed by atoms with Crippen LogP contribution in [0.1, 0.15) is 52.4 Å². The summed E-state index contributed by atoms with van der Waals surface area (Å²) in [5.74, 6) is 0.833. The number of hydrogen-bond donors (Lipinski definition) is 2. The fraction of sp³-hybridized carbons (Fsp3) is 0.812. The van der Waals surface area contributed by atoms with Crippen LogP contribution in [-0.2, 0) is 9.59 Å². The number of nitrogens with one attached hydrogen (secondary N) is 2. The molecule has 0 bridgehead atoms. The summed E-state index contributed by atoms with van der Waals surface area (Å²) >= 11 is 1.89. The normalized spacial score (nSPS) is 25.7. The van der Waals surface area contributed by atoms with Crippen molar-refractivity contribution in [1.82, 2.24) is 15.5 Å². The smallest absolute Gasteiger partial charge is 0.315 e. The van der Waals surface area contributed by atoms with Crippen molar-refractivity contribution in [3.63, 3.8) is 0 Å². The van der Waals surface area contributed by atoms with Gasteiger partial charge in [-0.3, -0.25) is 14.5 Å². The Labute approximate surface area is 142 Å². The highest BCUT2D eigenvalue weighted by molar-refractivity contribution is 8.00. The average molecular weight is 341 g/mol. The second kappa shape index (κ2) is 8.57. The minimum atomic E-state index is -0.0780. The SMILES string of the molecule is CCCN(C(=O)CC)C(=O)CCCC[C@@H]1SC[C@@H]2NC(=O)N[C@@H]21. The zero-order chi connectivity index (χ0) is 16.8. The van der Waals surface area contributed by atoms with E-state index in [0.717, 1.165) is 31.4 Å². The van der Waals surface area contributed by atoms with E-state index in [0.29, 0.717) is 24.6 Å². The van der Waals surface area contributed by atoms with Gasteiger partial charge in [0.1, 0.15) is 0 Å². The molecule has 2 saturated heterocycles. The first-order chi connectivity index (χ1) is 11.1. The van der Waals surface area contributed by atoms with E-state index >= 15 is 0 Å². The number of imide groups is 1. The molecular formula is C16H27N3O3S. The highest BCUT2D eigenvalue weighted by Gasteiger charge is 2.42. The first kappa shape index (κ1) is 18.1. The van der Waals surface area contributed by atoms with Gasteiger partial charge in [-0.1, -0.05) is 20.3 Å². The summed E-state index contributed by atoms with van der Waals surface area (Å²) in [7, 11) is 0. The Morgan fingerprint density at radius 2 is 2.00 bits per heavy atom. The van der Waals surface area contributed by atoms with Crippen molar-refractivity contribution < 1.29 is 14.4 Å². The van der Waals surface area contributed by atoms with E-state index in [4.69, 9.17) is 0 Å². The molecule has 23 heavy (non-hydrogen) atoms. The van der Waals surface area contributed by atoms with Gasteiger partial charge in [0.25, 0.3) is 0 Å². The zero-order valence-electron chi connectivity index (χ0n) is 14.0. The molecule has 2 heterocycles. The third kappa shape index (κ3) is 4.62. The van der Waals surface area contributed by atoms with E-state index in [1.807, 2.05) is 18.7 Å². The van der Waals surface area contributed by atoms with Crippen LogP contribution in [0.3, 0.4) is 0 Å². The van der Waals surface area contributed by atoms with Crippen LogP contribution in [-0.4, -0.2) is 52.4 Å². The predicted molar refractivity (Wildman–Crippen MR) is 91.3 cm³/mol. The van der Waals surface area contributed by atoms with Gasteiger partial charge in [0, 0.05) is 30.4 Å². The van der Waals surface area contributed by atoms with Crippen LogP contribution in [0.2, 0.25) is 0 Å². The van der Waals surface area contributed by atoms with E-state index in [2.05, 4.69) is 10.6 Å². The molecule has 0 unspecified atom stereocenters. The lowest BCUT2D eigenvalue weighted by Gasteiger charge is -2.20. The van der Waals surface area contributed by atoms with Crippen molar-refractivity contribution in [2.45, 2.75) is 69.7 Å². The summed E-state index contributed by atoms with van der Waals surface area (Å²) in [6.45, 7) is 4.28. The molecule has 2 rings (SSSR count). The van der Waals surface area contributed by atoms with Crippen LogP contribution in [0.4, 0.5) is 4.79 Å². The number of carbonyl (C=O) groups excluding carboxylic acids is 3. The third-order valence-electron chi connectivity index (χ3n) is 4.42. The van der Waals surface area contributed by atoms with Gasteiger partial charge in [-0.05, 0) is 19.3 Å². The highest BCUT2D eigenvalue weighted by atomic mass is 32.2. The molecule has 0 saturated carbocycles. The van der Waals surface area contributed by atoms with Crippen molar-refractivity contribution in [1.29, 1.82) is 0 Å². The van der Waals surface area contributed by atoms with Crippen molar-refractivity contribution in [2.75, 3.05) is 12.3 Å². The lowest BCUT2D eigenvalue weighted by Crippen LogP contribution is -2.37. The molecule has 3 atom stereocenters. The van der Waals surface area contributed by atoms with Crippen LogP contribution in [0.5, 0.6) is 0 Å². The lowest BCUT2D eigenvalue weighted by atomic mass is 10.0. The number of amides is 4. The molecule has 0 radical (unpaired) electrons. The summed E-state index contributed by atoms with van der Waals surface area (Å²) in [6.07, 6.45) is 4.35. The summed E-state index contributed by atoms with van der Waals surface area (Å²) < 4.78 is 0. The van der Waals surface area contributed by atoms with Gasteiger partial charge in [-0.2, -0.15) is 11.8 Å². The van der Waals surface area contributed by atoms with E-state index in [-0.39, 0.29) is 29.9 Å². The molecule has 0 aromatic heterocycles. The Morgan fingerprint density at radius 1 is 1.22 bits per heavy atom. The Kier molecular flexibility index (Phi) is 6.74. The van der Waals surface area contributed by atoms with Crippen LogP contribution in [0, 0.1) is 0 Å². The molecule has 0 aromatic carbocycles. The fourth-order valence-electron chi connectivity index (χ4n) is 3.20. The molecule has 7 heteroatoms. The fourth-order valence-corrected chi connectivity index (χ4v) is 4.75. The number of unbranched alkanes of at least 4 members (excludes halogenated alkanes) is 1. The standard InChI is InChI=1S/C16H27N3O3S/c1-3-9-19(13(20)4-2)14(21)8-6-5-7-12-15-11(10-23-12)17-16(22)18-15/h11-12,15H,3-10H2,1-2H3,(H2,17,18,22)/t11-,12-,15-/m0/s1. The molecule has 2 aliphatic rings. The van der Waals surface area contributed by atoms with Crippen molar-refractivity contribution in [2.24, 2.45) is 0 Å². The minimum absolute atomic E-state index is 0.0495. The number of fused-ring (bicyclic) bond motifs is 1. The summed E-state index contributed by atoms with van der Waals surface area (Å²) in [5, 5.41) is 6.34. The van der Waals surface area contributed by atoms with Crippen molar-refractivity contribution >= 4 is 29.6 Å². The Morgan fingerprint density at radius 3 is 2.70 bits per heavy atom. The summed E-state index contributed by atoms with van der Waals surface area (Å²) in [5.41, 5.74) is 0. The maximum atomic E-state index is 12.2. The average Bonchev–Trinajstić information content (AvgIpc) is 3.07. The summed E-state index contributed by atoms with van der Waals surface area (Å²) in [6, 6.07) is 0.413. The van der Waals surface area contributed by atoms with Gasteiger partial charge in [0.2, 0.25) is 11.8 Å². The Balaban J connectivity index is 1.69. The maximum Gasteiger partial charge on any atom is 0.315 e. The second-order valence-electron chi connectivity index (χ2n) is 6.16.